The number of carbonyl (C=O) groups is 1. The van der Waals surface area contributed by atoms with Gasteiger partial charge < -0.3 is 14.8 Å². The Morgan fingerprint density at radius 1 is 1.17 bits per heavy atom. The molecule has 154 valence electrons. The average Bonchev–Trinajstić information content (AvgIpc) is 3.31. The van der Waals surface area contributed by atoms with Gasteiger partial charge in [0.15, 0.2) is 11.6 Å². The third-order valence-corrected chi connectivity index (χ3v) is 5.61. The van der Waals surface area contributed by atoms with Crippen LogP contribution in [0.3, 0.4) is 0 Å². The van der Waals surface area contributed by atoms with Crippen molar-refractivity contribution in [3.05, 3.63) is 71.0 Å². The molecule has 2 heterocycles. The van der Waals surface area contributed by atoms with Gasteiger partial charge in [0.25, 0.3) is 5.91 Å². The molecule has 0 saturated heterocycles. The van der Waals surface area contributed by atoms with Crippen LogP contribution in [0.4, 0.5) is 10.1 Å². The first-order chi connectivity index (χ1) is 14.6. The number of methoxy groups -OCH3 is 1. The predicted molar refractivity (Wildman–Crippen MR) is 115 cm³/mol. The number of para-hydroxylation sites is 1. The fourth-order valence-electron chi connectivity index (χ4n) is 3.03. The van der Waals surface area contributed by atoms with Gasteiger partial charge in [-0.05, 0) is 37.3 Å². The minimum atomic E-state index is -0.546. The minimum absolute atomic E-state index is 0.116. The summed E-state index contributed by atoms with van der Waals surface area (Å²) in [5.41, 5.74) is 2.12. The van der Waals surface area contributed by atoms with E-state index < -0.39 is 5.82 Å². The van der Waals surface area contributed by atoms with Gasteiger partial charge in [-0.15, -0.1) is 11.3 Å². The van der Waals surface area contributed by atoms with Gasteiger partial charge in [0.1, 0.15) is 11.4 Å². The molecule has 1 amide bonds. The molecule has 0 aliphatic heterocycles. The summed E-state index contributed by atoms with van der Waals surface area (Å²) in [6.07, 6.45) is 0. The number of carbonyl (C=O) groups excluding carboxylic acids is 1. The number of thiophene rings is 1. The van der Waals surface area contributed by atoms with E-state index in [1.165, 1.54) is 23.5 Å². The van der Waals surface area contributed by atoms with E-state index in [1.807, 2.05) is 48.0 Å². The Labute approximate surface area is 176 Å². The number of benzene rings is 2. The van der Waals surface area contributed by atoms with Gasteiger partial charge >= 0.3 is 0 Å². The third-order valence-electron chi connectivity index (χ3n) is 4.50. The van der Waals surface area contributed by atoms with Gasteiger partial charge in [0, 0.05) is 24.2 Å². The van der Waals surface area contributed by atoms with Crippen molar-refractivity contribution < 1.29 is 18.7 Å². The van der Waals surface area contributed by atoms with Crippen molar-refractivity contribution in [3.8, 4) is 11.4 Å². The van der Waals surface area contributed by atoms with E-state index in [9.17, 15) is 9.18 Å². The van der Waals surface area contributed by atoms with Crippen LogP contribution in [0.25, 0.3) is 15.9 Å². The highest BCUT2D eigenvalue weighted by Gasteiger charge is 2.18. The number of ether oxygens (including phenoxy) is 2. The van der Waals surface area contributed by atoms with Gasteiger partial charge in [-0.3, -0.25) is 4.79 Å². The molecule has 30 heavy (non-hydrogen) atoms. The summed E-state index contributed by atoms with van der Waals surface area (Å²) in [5.74, 6) is -0.732. The maximum atomic E-state index is 14.2. The molecule has 8 heteroatoms. The fourth-order valence-corrected chi connectivity index (χ4v) is 4.10. The van der Waals surface area contributed by atoms with Crippen molar-refractivity contribution >= 4 is 33.1 Å². The standard InChI is InChI=1S/C22H20FN3O3S/c1-14-17-13-20(30-22(17)26(25-14)16-6-4-3-5-7-16)21(27)24-15-8-9-19(18(23)12-15)29-11-10-28-2/h3-9,12-13H,10-11H2,1-2H3,(H,24,27). The molecule has 0 spiro atoms. The lowest BCUT2D eigenvalue weighted by Gasteiger charge is -2.09. The first-order valence-electron chi connectivity index (χ1n) is 9.34. The second kappa shape index (κ2) is 8.64. The van der Waals surface area contributed by atoms with Crippen LogP contribution < -0.4 is 10.1 Å². The molecule has 0 aliphatic rings. The molecule has 0 atom stereocenters. The predicted octanol–water partition coefficient (Wildman–Crippen LogP) is 4.81. The Morgan fingerprint density at radius 3 is 2.70 bits per heavy atom. The zero-order valence-corrected chi connectivity index (χ0v) is 17.3. The summed E-state index contributed by atoms with van der Waals surface area (Å²) < 4.78 is 26.2. The summed E-state index contributed by atoms with van der Waals surface area (Å²) in [6, 6.07) is 15.9. The van der Waals surface area contributed by atoms with Crippen molar-refractivity contribution in [1.82, 2.24) is 9.78 Å². The Morgan fingerprint density at radius 2 is 1.97 bits per heavy atom. The van der Waals surface area contributed by atoms with Gasteiger partial charge in [-0.25, -0.2) is 9.07 Å². The van der Waals surface area contributed by atoms with Crippen LogP contribution in [0, 0.1) is 12.7 Å². The van der Waals surface area contributed by atoms with Crippen LogP contribution in [0.15, 0.2) is 54.6 Å². The Bertz CT molecular complexity index is 1190. The third kappa shape index (κ3) is 4.05. The number of hydrogen-bond acceptors (Lipinski definition) is 5. The molecular formula is C22H20FN3O3S. The Balaban J connectivity index is 1.55. The fraction of sp³-hybridized carbons (Fsp3) is 0.182. The number of anilines is 1. The number of rotatable bonds is 7. The normalized spacial score (nSPS) is 11.0. The quantitative estimate of drug-likeness (QED) is 0.432. The highest BCUT2D eigenvalue weighted by molar-refractivity contribution is 7.20. The molecule has 0 saturated carbocycles. The largest absolute Gasteiger partial charge is 0.488 e. The summed E-state index contributed by atoms with van der Waals surface area (Å²) in [6.45, 7) is 2.52. The van der Waals surface area contributed by atoms with E-state index >= 15 is 0 Å². The lowest BCUT2D eigenvalue weighted by atomic mass is 10.2. The van der Waals surface area contributed by atoms with E-state index in [4.69, 9.17) is 9.47 Å². The molecule has 6 nitrogen and oxygen atoms in total. The van der Waals surface area contributed by atoms with Crippen LogP contribution >= 0.6 is 11.3 Å². The zero-order valence-electron chi connectivity index (χ0n) is 16.5. The summed E-state index contributed by atoms with van der Waals surface area (Å²) in [5, 5.41) is 8.24. The van der Waals surface area contributed by atoms with E-state index in [1.54, 1.807) is 13.2 Å². The van der Waals surface area contributed by atoms with Crippen molar-refractivity contribution in [2.45, 2.75) is 6.92 Å². The summed E-state index contributed by atoms with van der Waals surface area (Å²) >= 11 is 1.34. The number of nitrogens with one attached hydrogen (secondary N) is 1. The number of hydrogen-bond donors (Lipinski definition) is 1. The molecule has 4 rings (SSSR count). The van der Waals surface area contributed by atoms with E-state index in [0.717, 1.165) is 21.6 Å². The van der Waals surface area contributed by atoms with Crippen molar-refractivity contribution in [2.75, 3.05) is 25.6 Å². The monoisotopic (exact) mass is 425 g/mol. The SMILES string of the molecule is COCCOc1ccc(NC(=O)c2cc3c(C)nn(-c4ccccc4)c3s2)cc1F. The molecule has 2 aromatic heterocycles. The van der Waals surface area contributed by atoms with Gasteiger partial charge in [0.2, 0.25) is 0 Å². The summed E-state index contributed by atoms with van der Waals surface area (Å²) in [4.78, 5) is 14.2. The Kier molecular flexibility index (Phi) is 5.78. The van der Waals surface area contributed by atoms with Crippen LogP contribution in [0.2, 0.25) is 0 Å². The Hall–Kier alpha value is -3.23. The number of nitrogens with zero attached hydrogens (tertiary/aromatic N) is 2. The van der Waals surface area contributed by atoms with Crippen molar-refractivity contribution in [1.29, 1.82) is 0 Å². The maximum Gasteiger partial charge on any atom is 0.265 e. The molecule has 1 N–H and O–H groups in total. The summed E-state index contributed by atoms with van der Waals surface area (Å²) in [7, 11) is 1.55. The number of aryl methyl sites for hydroxylation is 1. The number of aromatic nitrogens is 2. The second-order valence-corrected chi connectivity index (χ2v) is 7.63. The van der Waals surface area contributed by atoms with Crippen molar-refractivity contribution in [2.24, 2.45) is 0 Å². The first kappa shape index (κ1) is 20.1. The topological polar surface area (TPSA) is 65.4 Å². The molecule has 0 bridgehead atoms. The molecule has 0 aliphatic carbocycles. The van der Waals surface area contributed by atoms with Gasteiger partial charge in [-0.2, -0.15) is 5.10 Å². The number of amides is 1. The maximum absolute atomic E-state index is 14.2. The molecule has 0 fully saturated rings. The number of fused-ring (bicyclic) bond motifs is 1. The van der Waals surface area contributed by atoms with Gasteiger partial charge in [-0.1, -0.05) is 18.2 Å². The first-order valence-corrected chi connectivity index (χ1v) is 10.2. The van der Waals surface area contributed by atoms with Crippen LogP contribution in [0.1, 0.15) is 15.4 Å². The molecular weight excluding hydrogens is 405 g/mol. The van der Waals surface area contributed by atoms with Crippen molar-refractivity contribution in [3.63, 3.8) is 0 Å². The second-order valence-electron chi connectivity index (χ2n) is 6.60. The lowest BCUT2D eigenvalue weighted by Crippen LogP contribution is -2.11. The minimum Gasteiger partial charge on any atom is -0.488 e. The zero-order chi connectivity index (χ0) is 21.1. The smallest absolute Gasteiger partial charge is 0.265 e. The van der Waals surface area contributed by atoms with Crippen LogP contribution in [-0.4, -0.2) is 36.0 Å². The molecule has 2 aromatic carbocycles. The molecule has 4 aromatic rings. The highest BCUT2D eigenvalue weighted by atomic mass is 32.1. The molecule has 0 radical (unpaired) electrons. The lowest BCUT2D eigenvalue weighted by molar-refractivity contribution is 0.103. The van der Waals surface area contributed by atoms with E-state index in [-0.39, 0.29) is 18.3 Å². The van der Waals surface area contributed by atoms with E-state index in [0.29, 0.717) is 17.2 Å². The highest BCUT2D eigenvalue weighted by Crippen LogP contribution is 2.31. The van der Waals surface area contributed by atoms with E-state index in [2.05, 4.69) is 10.4 Å². The van der Waals surface area contributed by atoms with Crippen LogP contribution in [0.5, 0.6) is 5.75 Å². The van der Waals surface area contributed by atoms with Gasteiger partial charge in [0.05, 0.1) is 22.9 Å². The number of halogens is 1. The average molecular weight is 425 g/mol. The van der Waals surface area contributed by atoms with Crippen LogP contribution in [-0.2, 0) is 4.74 Å². The molecule has 0 unspecified atom stereocenters.